The van der Waals surface area contributed by atoms with E-state index in [9.17, 15) is 0 Å². The van der Waals surface area contributed by atoms with Gasteiger partial charge in [-0.2, -0.15) is 11.3 Å². The van der Waals surface area contributed by atoms with Crippen LogP contribution in [0.4, 0.5) is 0 Å². The second-order valence-electron chi connectivity index (χ2n) is 3.94. The summed E-state index contributed by atoms with van der Waals surface area (Å²) in [7, 11) is 1.68. The summed E-state index contributed by atoms with van der Waals surface area (Å²) in [6.45, 7) is 0. The van der Waals surface area contributed by atoms with Crippen molar-refractivity contribution < 1.29 is 4.74 Å². The van der Waals surface area contributed by atoms with Gasteiger partial charge in [0.1, 0.15) is 5.75 Å². The van der Waals surface area contributed by atoms with Gasteiger partial charge in [0.05, 0.1) is 13.2 Å². The number of nitrogens with one attached hydrogen (secondary N) is 1. The summed E-state index contributed by atoms with van der Waals surface area (Å²) >= 11 is 5.15. The lowest BCUT2D eigenvalue weighted by Crippen LogP contribution is -2.29. The average molecular weight is 327 g/mol. The van der Waals surface area contributed by atoms with Crippen LogP contribution >= 0.6 is 27.3 Å². The molecule has 0 aliphatic carbocycles. The third-order valence-corrected chi connectivity index (χ3v) is 4.01. The summed E-state index contributed by atoms with van der Waals surface area (Å²) in [5.74, 6) is 6.53. The molecule has 0 amide bonds. The Kier molecular flexibility index (Phi) is 4.77. The molecule has 0 aliphatic rings. The molecule has 1 unspecified atom stereocenters. The molecular formula is C13H15BrN2OS. The largest absolute Gasteiger partial charge is 0.496 e. The first-order valence-electron chi connectivity index (χ1n) is 5.55. The number of nitrogens with two attached hydrogens (primary N) is 1. The van der Waals surface area contributed by atoms with E-state index in [4.69, 9.17) is 10.6 Å². The molecule has 0 saturated carbocycles. The molecule has 1 aromatic heterocycles. The van der Waals surface area contributed by atoms with Crippen LogP contribution in [-0.2, 0) is 6.42 Å². The Hall–Kier alpha value is -0.880. The SMILES string of the molecule is COc1ccc(Br)cc1CC(NN)c1ccsc1. The fraction of sp³-hybridized carbons (Fsp3) is 0.231. The van der Waals surface area contributed by atoms with Crippen LogP contribution in [-0.4, -0.2) is 7.11 Å². The minimum Gasteiger partial charge on any atom is -0.496 e. The number of hydrazine groups is 1. The summed E-state index contributed by atoms with van der Waals surface area (Å²) < 4.78 is 6.42. The number of thiophene rings is 1. The van der Waals surface area contributed by atoms with E-state index in [1.165, 1.54) is 5.56 Å². The lowest BCUT2D eigenvalue weighted by atomic mass is 10.0. The molecule has 1 heterocycles. The van der Waals surface area contributed by atoms with Gasteiger partial charge in [0.15, 0.2) is 0 Å². The number of ether oxygens (including phenoxy) is 1. The van der Waals surface area contributed by atoms with E-state index in [0.717, 1.165) is 22.2 Å². The fourth-order valence-corrected chi connectivity index (χ4v) is 3.00. The van der Waals surface area contributed by atoms with Crippen molar-refractivity contribution >= 4 is 27.3 Å². The topological polar surface area (TPSA) is 47.3 Å². The zero-order valence-corrected chi connectivity index (χ0v) is 12.4. The Balaban J connectivity index is 2.24. The van der Waals surface area contributed by atoms with Crippen molar-refractivity contribution in [2.24, 2.45) is 5.84 Å². The van der Waals surface area contributed by atoms with Crippen LogP contribution in [0.1, 0.15) is 17.2 Å². The van der Waals surface area contributed by atoms with Gasteiger partial charge in [-0.15, -0.1) is 0 Å². The van der Waals surface area contributed by atoms with Crippen molar-refractivity contribution in [3.63, 3.8) is 0 Å². The first-order chi connectivity index (χ1) is 8.74. The molecule has 0 spiro atoms. The maximum atomic E-state index is 5.64. The highest BCUT2D eigenvalue weighted by Gasteiger charge is 2.14. The molecule has 0 radical (unpaired) electrons. The number of benzene rings is 1. The van der Waals surface area contributed by atoms with Crippen molar-refractivity contribution in [2.75, 3.05) is 7.11 Å². The van der Waals surface area contributed by atoms with E-state index in [0.29, 0.717) is 0 Å². The molecule has 0 fully saturated rings. The van der Waals surface area contributed by atoms with Crippen molar-refractivity contribution in [3.8, 4) is 5.75 Å². The summed E-state index contributed by atoms with van der Waals surface area (Å²) in [6, 6.07) is 8.17. The van der Waals surface area contributed by atoms with Gasteiger partial charge in [0, 0.05) is 4.47 Å². The Labute approximate surface area is 119 Å². The number of hydrogen-bond acceptors (Lipinski definition) is 4. The average Bonchev–Trinajstić information content (AvgIpc) is 2.90. The van der Waals surface area contributed by atoms with E-state index in [1.807, 2.05) is 12.1 Å². The summed E-state index contributed by atoms with van der Waals surface area (Å²) in [6.07, 6.45) is 0.788. The highest BCUT2D eigenvalue weighted by Crippen LogP contribution is 2.28. The second kappa shape index (κ2) is 6.33. The van der Waals surface area contributed by atoms with Crippen molar-refractivity contribution in [1.82, 2.24) is 5.43 Å². The van der Waals surface area contributed by atoms with Crippen LogP contribution in [0, 0.1) is 0 Å². The van der Waals surface area contributed by atoms with E-state index in [2.05, 4.69) is 44.2 Å². The summed E-state index contributed by atoms with van der Waals surface area (Å²) in [5.41, 5.74) is 5.18. The maximum Gasteiger partial charge on any atom is 0.122 e. The monoisotopic (exact) mass is 326 g/mol. The van der Waals surface area contributed by atoms with Gasteiger partial charge < -0.3 is 4.74 Å². The Morgan fingerprint density at radius 3 is 2.89 bits per heavy atom. The van der Waals surface area contributed by atoms with Crippen molar-refractivity contribution in [3.05, 3.63) is 50.6 Å². The van der Waals surface area contributed by atoms with Crippen LogP contribution in [0.5, 0.6) is 5.75 Å². The van der Waals surface area contributed by atoms with Gasteiger partial charge in [0.25, 0.3) is 0 Å². The standard InChI is InChI=1S/C13H15BrN2OS/c1-17-13-3-2-11(14)6-10(13)7-12(16-15)9-4-5-18-8-9/h2-6,8,12,16H,7,15H2,1H3. The molecule has 0 aliphatic heterocycles. The van der Waals surface area contributed by atoms with E-state index in [1.54, 1.807) is 18.4 Å². The van der Waals surface area contributed by atoms with Crippen LogP contribution in [0.25, 0.3) is 0 Å². The van der Waals surface area contributed by atoms with E-state index >= 15 is 0 Å². The second-order valence-corrected chi connectivity index (χ2v) is 5.63. The third kappa shape index (κ3) is 3.11. The predicted octanol–water partition coefficient (Wildman–Crippen LogP) is 3.27. The lowest BCUT2D eigenvalue weighted by molar-refractivity contribution is 0.405. The molecule has 0 saturated heterocycles. The van der Waals surface area contributed by atoms with Crippen LogP contribution < -0.4 is 16.0 Å². The molecular weight excluding hydrogens is 312 g/mol. The zero-order valence-electron chi connectivity index (χ0n) is 10.0. The van der Waals surface area contributed by atoms with Crippen LogP contribution in [0.2, 0.25) is 0 Å². The first-order valence-corrected chi connectivity index (χ1v) is 7.29. The van der Waals surface area contributed by atoms with Gasteiger partial charge in [-0.05, 0) is 52.6 Å². The quantitative estimate of drug-likeness (QED) is 0.654. The number of hydrogen-bond donors (Lipinski definition) is 2. The summed E-state index contributed by atoms with van der Waals surface area (Å²) in [5, 5.41) is 4.16. The molecule has 18 heavy (non-hydrogen) atoms. The molecule has 96 valence electrons. The molecule has 3 N–H and O–H groups in total. The smallest absolute Gasteiger partial charge is 0.122 e. The van der Waals surface area contributed by atoms with Crippen LogP contribution in [0.3, 0.4) is 0 Å². The maximum absolute atomic E-state index is 5.64. The minimum absolute atomic E-state index is 0.0967. The zero-order chi connectivity index (χ0) is 13.0. The minimum atomic E-state index is 0.0967. The van der Waals surface area contributed by atoms with Gasteiger partial charge >= 0.3 is 0 Å². The Bertz CT molecular complexity index is 502. The van der Waals surface area contributed by atoms with E-state index < -0.39 is 0 Å². The normalized spacial score (nSPS) is 12.4. The number of halogens is 1. The number of rotatable bonds is 5. The van der Waals surface area contributed by atoms with Gasteiger partial charge in [-0.3, -0.25) is 11.3 Å². The molecule has 2 aromatic rings. The van der Waals surface area contributed by atoms with Crippen molar-refractivity contribution in [2.45, 2.75) is 12.5 Å². The first kappa shape index (κ1) is 13.5. The molecule has 3 nitrogen and oxygen atoms in total. The van der Waals surface area contributed by atoms with Gasteiger partial charge in [-0.1, -0.05) is 15.9 Å². The van der Waals surface area contributed by atoms with Crippen LogP contribution in [0.15, 0.2) is 39.5 Å². The highest BCUT2D eigenvalue weighted by atomic mass is 79.9. The fourth-order valence-electron chi connectivity index (χ4n) is 1.87. The third-order valence-electron chi connectivity index (χ3n) is 2.81. The molecule has 1 aromatic carbocycles. The highest BCUT2D eigenvalue weighted by molar-refractivity contribution is 9.10. The van der Waals surface area contributed by atoms with Gasteiger partial charge in [0.2, 0.25) is 0 Å². The molecule has 2 rings (SSSR count). The van der Waals surface area contributed by atoms with Gasteiger partial charge in [-0.25, -0.2) is 0 Å². The predicted molar refractivity (Wildman–Crippen MR) is 78.8 cm³/mol. The van der Waals surface area contributed by atoms with E-state index in [-0.39, 0.29) is 6.04 Å². The Morgan fingerprint density at radius 2 is 2.28 bits per heavy atom. The molecule has 0 bridgehead atoms. The number of methoxy groups -OCH3 is 1. The van der Waals surface area contributed by atoms with Crippen molar-refractivity contribution in [1.29, 1.82) is 0 Å². The summed E-state index contributed by atoms with van der Waals surface area (Å²) in [4.78, 5) is 0. The molecule has 1 atom stereocenters. The lowest BCUT2D eigenvalue weighted by Gasteiger charge is -2.17. The Morgan fingerprint density at radius 1 is 1.44 bits per heavy atom. The molecule has 5 heteroatoms.